The van der Waals surface area contributed by atoms with Crippen LogP contribution in [0.4, 0.5) is 0 Å². The number of rotatable bonds is 8. The lowest BCUT2D eigenvalue weighted by molar-refractivity contribution is 0.214. The van der Waals surface area contributed by atoms with Crippen LogP contribution in [-0.2, 0) is 0 Å². The topological polar surface area (TPSA) is 6.48 Å². The lowest BCUT2D eigenvalue weighted by atomic mass is 10.1. The molecule has 0 amide bonds. The molecule has 2 heteroatoms. The number of benzene rings is 2. The summed E-state index contributed by atoms with van der Waals surface area (Å²) >= 11 is 0. The van der Waals surface area contributed by atoms with Crippen molar-refractivity contribution in [3.8, 4) is 0 Å². The summed E-state index contributed by atoms with van der Waals surface area (Å²) in [4.78, 5) is 4.88. The summed E-state index contributed by atoms with van der Waals surface area (Å²) < 4.78 is 0. The first-order chi connectivity index (χ1) is 11.1. The van der Waals surface area contributed by atoms with Gasteiger partial charge in [-0.1, -0.05) is 60.7 Å². The van der Waals surface area contributed by atoms with Crippen molar-refractivity contribution in [3.63, 3.8) is 0 Å². The SMILES string of the molecule is CC(c1ccccc1)N(C)CCCN(C)C(C)c1ccccc1. The molecule has 0 radical (unpaired) electrons. The highest BCUT2D eigenvalue weighted by molar-refractivity contribution is 5.19. The van der Waals surface area contributed by atoms with E-state index in [0.29, 0.717) is 12.1 Å². The van der Waals surface area contributed by atoms with Gasteiger partial charge in [-0.15, -0.1) is 0 Å². The first kappa shape index (κ1) is 17.7. The van der Waals surface area contributed by atoms with E-state index in [1.165, 1.54) is 17.5 Å². The van der Waals surface area contributed by atoms with Gasteiger partial charge < -0.3 is 0 Å². The summed E-state index contributed by atoms with van der Waals surface area (Å²) in [5.74, 6) is 0. The average Bonchev–Trinajstić information content (AvgIpc) is 2.61. The molecule has 2 unspecified atom stereocenters. The van der Waals surface area contributed by atoms with E-state index >= 15 is 0 Å². The molecular weight excluding hydrogens is 280 g/mol. The van der Waals surface area contributed by atoms with Crippen LogP contribution in [-0.4, -0.2) is 37.0 Å². The molecule has 0 spiro atoms. The second-order valence-corrected chi connectivity index (χ2v) is 6.49. The molecule has 2 nitrogen and oxygen atoms in total. The van der Waals surface area contributed by atoms with E-state index in [0.717, 1.165) is 13.1 Å². The minimum Gasteiger partial charge on any atom is -0.300 e. The van der Waals surface area contributed by atoms with Crippen LogP contribution in [0.1, 0.15) is 43.5 Å². The van der Waals surface area contributed by atoms with Gasteiger partial charge in [-0.2, -0.15) is 0 Å². The van der Waals surface area contributed by atoms with Crippen molar-refractivity contribution in [3.05, 3.63) is 71.8 Å². The average molecular weight is 310 g/mol. The Morgan fingerprint density at radius 3 is 1.35 bits per heavy atom. The predicted molar refractivity (Wildman–Crippen MR) is 99.6 cm³/mol. The molecule has 0 bridgehead atoms. The van der Waals surface area contributed by atoms with Gasteiger partial charge in [0.15, 0.2) is 0 Å². The molecule has 2 aromatic carbocycles. The largest absolute Gasteiger partial charge is 0.300 e. The summed E-state index contributed by atoms with van der Waals surface area (Å²) in [6, 6.07) is 22.4. The smallest absolute Gasteiger partial charge is 0.0316 e. The standard InChI is InChI=1S/C21H30N2/c1-18(20-12-7-5-8-13-20)22(3)16-11-17-23(4)19(2)21-14-9-6-10-15-21/h5-10,12-15,18-19H,11,16-17H2,1-4H3. The van der Waals surface area contributed by atoms with Crippen molar-refractivity contribution in [2.45, 2.75) is 32.4 Å². The normalized spacial score (nSPS) is 14.2. The summed E-state index contributed by atoms with van der Waals surface area (Å²) in [7, 11) is 4.44. The molecule has 0 N–H and O–H groups in total. The number of hydrogen-bond donors (Lipinski definition) is 0. The van der Waals surface area contributed by atoms with Gasteiger partial charge in [0.25, 0.3) is 0 Å². The molecule has 2 aromatic rings. The Hall–Kier alpha value is -1.64. The van der Waals surface area contributed by atoms with E-state index < -0.39 is 0 Å². The van der Waals surface area contributed by atoms with Crippen molar-refractivity contribution < 1.29 is 0 Å². The van der Waals surface area contributed by atoms with Gasteiger partial charge in [-0.05, 0) is 58.6 Å². The van der Waals surface area contributed by atoms with E-state index in [1.807, 2.05) is 0 Å². The maximum atomic E-state index is 2.44. The van der Waals surface area contributed by atoms with Crippen molar-refractivity contribution in [2.24, 2.45) is 0 Å². The molecular formula is C21H30N2. The molecule has 0 aliphatic carbocycles. The Bertz CT molecular complexity index is 501. The van der Waals surface area contributed by atoms with Gasteiger partial charge in [0, 0.05) is 12.1 Å². The van der Waals surface area contributed by atoms with Crippen LogP contribution in [0.3, 0.4) is 0 Å². The Labute approximate surface area is 141 Å². The Morgan fingerprint density at radius 1 is 0.652 bits per heavy atom. The van der Waals surface area contributed by atoms with Crippen LogP contribution in [0, 0.1) is 0 Å². The lowest BCUT2D eigenvalue weighted by Crippen LogP contribution is -2.29. The van der Waals surface area contributed by atoms with Crippen LogP contribution in [0.5, 0.6) is 0 Å². The maximum absolute atomic E-state index is 2.44. The van der Waals surface area contributed by atoms with Gasteiger partial charge in [0.05, 0.1) is 0 Å². The zero-order valence-electron chi connectivity index (χ0n) is 14.9. The molecule has 23 heavy (non-hydrogen) atoms. The fourth-order valence-corrected chi connectivity index (χ4v) is 2.93. The summed E-state index contributed by atoms with van der Waals surface area (Å²) in [6.45, 7) is 6.79. The van der Waals surface area contributed by atoms with E-state index in [2.05, 4.69) is 98.4 Å². The highest BCUT2D eigenvalue weighted by Crippen LogP contribution is 2.20. The molecule has 0 saturated carbocycles. The third-order valence-corrected chi connectivity index (χ3v) is 4.91. The number of nitrogens with zero attached hydrogens (tertiary/aromatic N) is 2. The first-order valence-electron chi connectivity index (χ1n) is 8.60. The third kappa shape index (κ3) is 5.19. The second-order valence-electron chi connectivity index (χ2n) is 6.49. The third-order valence-electron chi connectivity index (χ3n) is 4.91. The summed E-state index contributed by atoms with van der Waals surface area (Å²) in [6.07, 6.45) is 1.18. The van der Waals surface area contributed by atoms with E-state index in [1.54, 1.807) is 0 Å². The summed E-state index contributed by atoms with van der Waals surface area (Å²) in [5.41, 5.74) is 2.78. The molecule has 2 rings (SSSR count). The Kier molecular flexibility index (Phi) is 6.82. The monoisotopic (exact) mass is 310 g/mol. The van der Waals surface area contributed by atoms with Crippen molar-refractivity contribution in [2.75, 3.05) is 27.2 Å². The molecule has 0 aromatic heterocycles. The fourth-order valence-electron chi connectivity index (χ4n) is 2.93. The fraction of sp³-hybridized carbons (Fsp3) is 0.429. The quantitative estimate of drug-likeness (QED) is 0.693. The molecule has 0 aliphatic rings. The van der Waals surface area contributed by atoms with Crippen molar-refractivity contribution in [1.29, 1.82) is 0 Å². The van der Waals surface area contributed by atoms with Crippen LogP contribution in [0.15, 0.2) is 60.7 Å². The van der Waals surface area contributed by atoms with Crippen LogP contribution in [0.25, 0.3) is 0 Å². The molecule has 0 fully saturated rings. The van der Waals surface area contributed by atoms with Gasteiger partial charge in [-0.3, -0.25) is 9.80 Å². The van der Waals surface area contributed by atoms with Gasteiger partial charge in [0.1, 0.15) is 0 Å². The zero-order valence-corrected chi connectivity index (χ0v) is 14.9. The minimum absolute atomic E-state index is 0.466. The first-order valence-corrected chi connectivity index (χ1v) is 8.60. The minimum atomic E-state index is 0.466. The van der Waals surface area contributed by atoms with Gasteiger partial charge in [0.2, 0.25) is 0 Å². The predicted octanol–water partition coefficient (Wildman–Crippen LogP) is 4.76. The highest BCUT2D eigenvalue weighted by Gasteiger charge is 2.13. The van der Waals surface area contributed by atoms with Gasteiger partial charge in [-0.25, -0.2) is 0 Å². The Morgan fingerprint density at radius 2 is 1.00 bits per heavy atom. The van der Waals surface area contributed by atoms with E-state index in [-0.39, 0.29) is 0 Å². The van der Waals surface area contributed by atoms with E-state index in [4.69, 9.17) is 0 Å². The second kappa shape index (κ2) is 8.85. The number of hydrogen-bond acceptors (Lipinski definition) is 2. The Balaban J connectivity index is 1.78. The van der Waals surface area contributed by atoms with Crippen LogP contribution in [0.2, 0.25) is 0 Å². The molecule has 0 aliphatic heterocycles. The molecule has 0 heterocycles. The maximum Gasteiger partial charge on any atom is 0.0316 e. The molecule has 124 valence electrons. The van der Waals surface area contributed by atoms with Crippen LogP contribution >= 0.6 is 0 Å². The van der Waals surface area contributed by atoms with Crippen molar-refractivity contribution in [1.82, 2.24) is 9.80 Å². The molecule has 0 saturated heterocycles. The summed E-state index contributed by atoms with van der Waals surface area (Å²) in [5, 5.41) is 0. The van der Waals surface area contributed by atoms with Gasteiger partial charge >= 0.3 is 0 Å². The molecule has 2 atom stereocenters. The zero-order chi connectivity index (χ0) is 16.7. The highest BCUT2D eigenvalue weighted by atomic mass is 15.1. The van der Waals surface area contributed by atoms with Crippen molar-refractivity contribution >= 4 is 0 Å². The lowest BCUT2D eigenvalue weighted by Gasteiger charge is -2.28. The van der Waals surface area contributed by atoms with Crippen LogP contribution < -0.4 is 0 Å². The van der Waals surface area contributed by atoms with E-state index in [9.17, 15) is 0 Å².